The van der Waals surface area contributed by atoms with Gasteiger partial charge in [-0.05, 0) is 37.1 Å². The summed E-state index contributed by atoms with van der Waals surface area (Å²) in [4.78, 5) is 2.15. The molecule has 84 valence electrons. The van der Waals surface area contributed by atoms with Gasteiger partial charge in [-0.15, -0.1) is 0 Å². The van der Waals surface area contributed by atoms with Crippen LogP contribution in [-0.2, 0) is 6.54 Å². The lowest BCUT2D eigenvalue weighted by Crippen LogP contribution is -2.23. The average Bonchev–Trinajstić information content (AvgIpc) is 2.24. The van der Waals surface area contributed by atoms with Crippen LogP contribution in [0.15, 0.2) is 18.2 Å². The van der Waals surface area contributed by atoms with Crippen molar-refractivity contribution in [2.24, 2.45) is 5.73 Å². The highest BCUT2D eigenvalue weighted by Crippen LogP contribution is 2.18. The van der Waals surface area contributed by atoms with Crippen LogP contribution in [0.2, 0.25) is 0 Å². The monoisotopic (exact) mass is 210 g/mol. The highest BCUT2D eigenvalue weighted by Gasteiger charge is 2.06. The summed E-state index contributed by atoms with van der Waals surface area (Å²) in [6.45, 7) is 6.41. The zero-order valence-corrected chi connectivity index (χ0v) is 9.46. The molecular weight excluding hydrogens is 191 g/mol. The number of halogens is 1. The molecule has 0 aliphatic heterocycles. The van der Waals surface area contributed by atoms with E-state index in [4.69, 9.17) is 5.73 Å². The Labute approximate surface area is 90.9 Å². The molecule has 15 heavy (non-hydrogen) atoms. The number of nitrogens with zero attached hydrogens (tertiary/aromatic N) is 1. The summed E-state index contributed by atoms with van der Waals surface area (Å²) < 4.78 is 13.3. The second-order valence-corrected chi connectivity index (χ2v) is 3.60. The smallest absolute Gasteiger partial charge is 0.125 e. The van der Waals surface area contributed by atoms with Gasteiger partial charge in [0, 0.05) is 25.3 Å². The minimum Gasteiger partial charge on any atom is -0.372 e. The van der Waals surface area contributed by atoms with Crippen LogP contribution in [0, 0.1) is 5.82 Å². The molecule has 0 atom stereocenters. The highest BCUT2D eigenvalue weighted by atomic mass is 19.1. The second kappa shape index (κ2) is 5.71. The summed E-state index contributed by atoms with van der Waals surface area (Å²) in [5, 5.41) is 0. The Balaban J connectivity index is 2.95. The van der Waals surface area contributed by atoms with E-state index in [1.807, 2.05) is 6.07 Å². The largest absolute Gasteiger partial charge is 0.372 e. The van der Waals surface area contributed by atoms with Crippen LogP contribution in [0.25, 0.3) is 0 Å². The van der Waals surface area contributed by atoms with E-state index in [0.717, 1.165) is 30.8 Å². The van der Waals surface area contributed by atoms with Crippen molar-refractivity contribution < 1.29 is 4.39 Å². The van der Waals surface area contributed by atoms with Crippen molar-refractivity contribution in [1.29, 1.82) is 0 Å². The molecule has 0 amide bonds. The summed E-state index contributed by atoms with van der Waals surface area (Å²) in [5.74, 6) is -0.206. The fourth-order valence-electron chi connectivity index (χ4n) is 1.67. The minimum absolute atomic E-state index is 0.206. The third kappa shape index (κ3) is 3.20. The van der Waals surface area contributed by atoms with E-state index in [1.54, 1.807) is 6.07 Å². The standard InChI is InChI=1S/C12H19FN2/c1-3-5-15(4-2)12-7-10(9-14)6-11(13)8-12/h6-8H,3-5,9,14H2,1-2H3. The summed E-state index contributed by atoms with van der Waals surface area (Å²) in [5.41, 5.74) is 7.30. The normalized spacial score (nSPS) is 10.4. The zero-order valence-electron chi connectivity index (χ0n) is 9.46. The summed E-state index contributed by atoms with van der Waals surface area (Å²) in [7, 11) is 0. The zero-order chi connectivity index (χ0) is 11.3. The van der Waals surface area contributed by atoms with Crippen molar-refractivity contribution in [3.63, 3.8) is 0 Å². The Morgan fingerprint density at radius 1 is 1.27 bits per heavy atom. The Hall–Kier alpha value is -1.09. The molecule has 0 unspecified atom stereocenters. The molecule has 0 saturated heterocycles. The first-order valence-electron chi connectivity index (χ1n) is 5.45. The van der Waals surface area contributed by atoms with Crippen molar-refractivity contribution in [3.05, 3.63) is 29.6 Å². The fourth-order valence-corrected chi connectivity index (χ4v) is 1.67. The third-order valence-electron chi connectivity index (χ3n) is 2.42. The van der Waals surface area contributed by atoms with Crippen molar-refractivity contribution >= 4 is 5.69 Å². The molecule has 0 spiro atoms. The molecular formula is C12H19FN2. The first-order valence-corrected chi connectivity index (χ1v) is 5.45. The number of hydrogen-bond donors (Lipinski definition) is 1. The third-order valence-corrected chi connectivity index (χ3v) is 2.42. The van der Waals surface area contributed by atoms with Gasteiger partial charge in [0.05, 0.1) is 0 Å². The molecule has 0 aromatic heterocycles. The molecule has 0 aliphatic carbocycles. The van der Waals surface area contributed by atoms with Gasteiger partial charge >= 0.3 is 0 Å². The molecule has 1 aromatic rings. The maximum atomic E-state index is 13.3. The molecule has 0 radical (unpaired) electrons. The van der Waals surface area contributed by atoms with Gasteiger partial charge in [0.15, 0.2) is 0 Å². The Morgan fingerprint density at radius 3 is 2.53 bits per heavy atom. The number of anilines is 1. The van der Waals surface area contributed by atoms with Gasteiger partial charge in [-0.2, -0.15) is 0 Å². The van der Waals surface area contributed by atoms with Crippen LogP contribution < -0.4 is 10.6 Å². The van der Waals surface area contributed by atoms with Gasteiger partial charge in [-0.1, -0.05) is 6.92 Å². The summed E-state index contributed by atoms with van der Waals surface area (Å²) in [6, 6.07) is 5.02. The SMILES string of the molecule is CCCN(CC)c1cc(F)cc(CN)c1. The van der Waals surface area contributed by atoms with Crippen molar-refractivity contribution in [2.45, 2.75) is 26.8 Å². The molecule has 1 rings (SSSR count). The van der Waals surface area contributed by atoms with Crippen molar-refractivity contribution in [2.75, 3.05) is 18.0 Å². The molecule has 0 aliphatic rings. The molecule has 0 heterocycles. The maximum absolute atomic E-state index is 13.3. The van der Waals surface area contributed by atoms with Crippen LogP contribution in [0.3, 0.4) is 0 Å². The number of rotatable bonds is 5. The predicted octanol–water partition coefficient (Wildman–Crippen LogP) is 2.52. The molecule has 0 saturated carbocycles. The van der Waals surface area contributed by atoms with E-state index in [1.165, 1.54) is 6.07 Å². The molecule has 2 N–H and O–H groups in total. The van der Waals surface area contributed by atoms with Gasteiger partial charge < -0.3 is 10.6 Å². The highest BCUT2D eigenvalue weighted by molar-refractivity contribution is 5.49. The van der Waals surface area contributed by atoms with E-state index in [0.29, 0.717) is 6.54 Å². The maximum Gasteiger partial charge on any atom is 0.125 e. The van der Waals surface area contributed by atoms with E-state index < -0.39 is 0 Å². The van der Waals surface area contributed by atoms with E-state index >= 15 is 0 Å². The minimum atomic E-state index is -0.206. The molecule has 2 nitrogen and oxygen atoms in total. The molecule has 0 bridgehead atoms. The Morgan fingerprint density at radius 2 is 2.00 bits per heavy atom. The van der Waals surface area contributed by atoms with Gasteiger partial charge in [0.2, 0.25) is 0 Å². The number of nitrogens with two attached hydrogens (primary N) is 1. The second-order valence-electron chi connectivity index (χ2n) is 3.60. The molecule has 1 aromatic carbocycles. The first-order chi connectivity index (χ1) is 7.21. The first kappa shape index (κ1) is 12.0. The van der Waals surface area contributed by atoms with Gasteiger partial charge in [-0.3, -0.25) is 0 Å². The fraction of sp³-hybridized carbons (Fsp3) is 0.500. The number of hydrogen-bond acceptors (Lipinski definition) is 2. The quantitative estimate of drug-likeness (QED) is 0.809. The Bertz CT molecular complexity index is 312. The Kier molecular flexibility index (Phi) is 4.56. The van der Waals surface area contributed by atoms with E-state index in [9.17, 15) is 4.39 Å². The predicted molar refractivity (Wildman–Crippen MR) is 62.5 cm³/mol. The van der Waals surface area contributed by atoms with Crippen LogP contribution in [-0.4, -0.2) is 13.1 Å². The van der Waals surface area contributed by atoms with E-state index in [-0.39, 0.29) is 5.82 Å². The number of benzene rings is 1. The lowest BCUT2D eigenvalue weighted by molar-refractivity contribution is 0.624. The lowest BCUT2D eigenvalue weighted by atomic mass is 10.1. The average molecular weight is 210 g/mol. The van der Waals surface area contributed by atoms with Crippen LogP contribution in [0.4, 0.5) is 10.1 Å². The lowest BCUT2D eigenvalue weighted by Gasteiger charge is -2.23. The van der Waals surface area contributed by atoms with E-state index in [2.05, 4.69) is 18.7 Å². The topological polar surface area (TPSA) is 29.3 Å². The molecule has 3 heteroatoms. The summed E-state index contributed by atoms with van der Waals surface area (Å²) >= 11 is 0. The van der Waals surface area contributed by atoms with Gasteiger partial charge in [0.25, 0.3) is 0 Å². The summed E-state index contributed by atoms with van der Waals surface area (Å²) in [6.07, 6.45) is 1.06. The van der Waals surface area contributed by atoms with Crippen LogP contribution in [0.5, 0.6) is 0 Å². The van der Waals surface area contributed by atoms with Gasteiger partial charge in [0.1, 0.15) is 5.82 Å². The van der Waals surface area contributed by atoms with Crippen molar-refractivity contribution in [3.8, 4) is 0 Å². The molecule has 0 fully saturated rings. The van der Waals surface area contributed by atoms with Crippen LogP contribution in [0.1, 0.15) is 25.8 Å². The van der Waals surface area contributed by atoms with Crippen molar-refractivity contribution in [1.82, 2.24) is 0 Å². The van der Waals surface area contributed by atoms with Gasteiger partial charge in [-0.25, -0.2) is 4.39 Å². The van der Waals surface area contributed by atoms with Crippen LogP contribution >= 0.6 is 0 Å².